The number of hydrogen-bond donors (Lipinski definition) is 2. The Hall–Kier alpha value is -2.21. The largest absolute Gasteiger partial charge is 0.369 e. The molecule has 0 aromatic heterocycles. The zero-order chi connectivity index (χ0) is 16.7. The van der Waals surface area contributed by atoms with Crippen LogP contribution in [0.4, 0.5) is 5.69 Å². The third-order valence-electron chi connectivity index (χ3n) is 2.92. The van der Waals surface area contributed by atoms with Crippen molar-refractivity contribution in [2.45, 2.75) is 20.8 Å². The van der Waals surface area contributed by atoms with Gasteiger partial charge in [-0.1, -0.05) is 26.0 Å². The second-order valence-electron chi connectivity index (χ2n) is 5.71. The molecule has 0 atom stereocenters. The lowest BCUT2D eigenvalue weighted by Crippen LogP contribution is -2.41. The van der Waals surface area contributed by atoms with Crippen LogP contribution in [0.1, 0.15) is 31.1 Å². The van der Waals surface area contributed by atoms with Gasteiger partial charge in [-0.3, -0.25) is 19.3 Å². The zero-order valence-corrected chi connectivity index (χ0v) is 13.3. The second kappa shape index (κ2) is 8.29. The Labute approximate surface area is 130 Å². The molecule has 1 aromatic rings. The first kappa shape index (κ1) is 17.8. The Bertz CT molecular complexity index is 555. The van der Waals surface area contributed by atoms with Gasteiger partial charge in [0.1, 0.15) is 0 Å². The Balaban J connectivity index is 2.68. The highest BCUT2D eigenvalue weighted by Crippen LogP contribution is 2.11. The van der Waals surface area contributed by atoms with E-state index in [1.165, 1.54) is 6.92 Å². The number of nitrogens with one attached hydrogen (secondary N) is 1. The smallest absolute Gasteiger partial charge is 0.238 e. The lowest BCUT2D eigenvalue weighted by atomic mass is 10.1. The van der Waals surface area contributed by atoms with E-state index in [0.717, 1.165) is 0 Å². The van der Waals surface area contributed by atoms with Gasteiger partial charge in [0, 0.05) is 17.8 Å². The highest BCUT2D eigenvalue weighted by Gasteiger charge is 2.14. The van der Waals surface area contributed by atoms with Crippen LogP contribution in [0.25, 0.3) is 0 Å². The fourth-order valence-electron chi connectivity index (χ4n) is 2.14. The predicted molar refractivity (Wildman–Crippen MR) is 85.5 cm³/mol. The van der Waals surface area contributed by atoms with Crippen molar-refractivity contribution in [2.75, 3.05) is 25.0 Å². The Kier molecular flexibility index (Phi) is 6.72. The molecule has 1 rings (SSSR count). The van der Waals surface area contributed by atoms with E-state index >= 15 is 0 Å². The summed E-state index contributed by atoms with van der Waals surface area (Å²) >= 11 is 0. The monoisotopic (exact) mass is 305 g/mol. The van der Waals surface area contributed by atoms with Crippen molar-refractivity contribution in [3.63, 3.8) is 0 Å². The van der Waals surface area contributed by atoms with E-state index in [1.807, 2.05) is 13.8 Å². The van der Waals surface area contributed by atoms with Crippen molar-refractivity contribution in [1.82, 2.24) is 4.90 Å². The van der Waals surface area contributed by atoms with Crippen LogP contribution in [0.3, 0.4) is 0 Å². The molecular formula is C16H23N3O3. The van der Waals surface area contributed by atoms with Gasteiger partial charge >= 0.3 is 0 Å². The van der Waals surface area contributed by atoms with Crippen LogP contribution >= 0.6 is 0 Å². The molecule has 22 heavy (non-hydrogen) atoms. The fraction of sp³-hybridized carbons (Fsp3) is 0.438. The molecule has 0 saturated carbocycles. The van der Waals surface area contributed by atoms with Crippen LogP contribution in [0.5, 0.6) is 0 Å². The summed E-state index contributed by atoms with van der Waals surface area (Å²) in [5.41, 5.74) is 6.29. The third kappa shape index (κ3) is 6.49. The normalized spacial score (nSPS) is 10.8. The first-order valence-electron chi connectivity index (χ1n) is 7.19. The van der Waals surface area contributed by atoms with Crippen LogP contribution in [0.15, 0.2) is 24.3 Å². The summed E-state index contributed by atoms with van der Waals surface area (Å²) in [4.78, 5) is 36.2. The third-order valence-corrected chi connectivity index (χ3v) is 2.92. The summed E-state index contributed by atoms with van der Waals surface area (Å²) in [6.45, 7) is 6.19. The number of anilines is 1. The van der Waals surface area contributed by atoms with E-state index < -0.39 is 5.91 Å². The summed E-state index contributed by atoms with van der Waals surface area (Å²) in [5, 5.41) is 2.73. The van der Waals surface area contributed by atoms with Crippen LogP contribution in [0, 0.1) is 5.92 Å². The molecule has 1 aromatic carbocycles. The minimum Gasteiger partial charge on any atom is -0.369 e. The molecule has 0 aliphatic carbocycles. The summed E-state index contributed by atoms with van der Waals surface area (Å²) < 4.78 is 0. The van der Waals surface area contributed by atoms with E-state index in [9.17, 15) is 14.4 Å². The van der Waals surface area contributed by atoms with Gasteiger partial charge in [-0.05, 0) is 25.0 Å². The minimum atomic E-state index is -0.466. The molecule has 6 heteroatoms. The first-order chi connectivity index (χ1) is 10.3. The minimum absolute atomic E-state index is 0.0408. The lowest BCUT2D eigenvalue weighted by molar-refractivity contribution is -0.121. The Morgan fingerprint density at radius 2 is 1.91 bits per heavy atom. The molecular weight excluding hydrogens is 282 g/mol. The lowest BCUT2D eigenvalue weighted by Gasteiger charge is -2.22. The van der Waals surface area contributed by atoms with Crippen LogP contribution < -0.4 is 11.1 Å². The molecule has 0 heterocycles. The van der Waals surface area contributed by atoms with Gasteiger partial charge in [0.25, 0.3) is 0 Å². The Morgan fingerprint density at radius 3 is 2.45 bits per heavy atom. The van der Waals surface area contributed by atoms with E-state index in [2.05, 4.69) is 5.32 Å². The highest BCUT2D eigenvalue weighted by molar-refractivity contribution is 5.97. The average Bonchev–Trinajstić information content (AvgIpc) is 2.36. The standard InChI is InChI=1S/C16H23N3O3/c1-11(2)8-19(9-15(17)21)10-16(22)18-14-6-4-5-13(7-14)12(3)20/h4-7,11H,8-10H2,1-3H3,(H2,17,21)(H,18,22). The topological polar surface area (TPSA) is 92.5 Å². The number of amides is 2. The molecule has 0 saturated heterocycles. The second-order valence-corrected chi connectivity index (χ2v) is 5.71. The number of hydrogen-bond acceptors (Lipinski definition) is 4. The molecule has 2 amide bonds. The molecule has 6 nitrogen and oxygen atoms in total. The number of carbonyl (C=O) groups excluding carboxylic acids is 3. The molecule has 0 fully saturated rings. The first-order valence-corrected chi connectivity index (χ1v) is 7.19. The maximum absolute atomic E-state index is 12.1. The molecule has 0 bridgehead atoms. The highest BCUT2D eigenvalue weighted by atomic mass is 16.2. The van der Waals surface area contributed by atoms with Gasteiger partial charge in [-0.15, -0.1) is 0 Å². The number of ketones is 1. The van der Waals surface area contributed by atoms with Gasteiger partial charge in [0.05, 0.1) is 13.1 Å². The van der Waals surface area contributed by atoms with Crippen molar-refractivity contribution in [1.29, 1.82) is 0 Å². The number of carbonyl (C=O) groups is 3. The number of primary amides is 1. The SMILES string of the molecule is CC(=O)c1cccc(NC(=O)CN(CC(N)=O)CC(C)C)c1. The van der Waals surface area contributed by atoms with Crippen LogP contribution in [-0.2, 0) is 9.59 Å². The molecule has 0 radical (unpaired) electrons. The van der Waals surface area contributed by atoms with Gasteiger partial charge in [0.2, 0.25) is 11.8 Å². The Morgan fingerprint density at radius 1 is 1.23 bits per heavy atom. The van der Waals surface area contributed by atoms with E-state index in [-0.39, 0.29) is 24.8 Å². The van der Waals surface area contributed by atoms with E-state index in [0.29, 0.717) is 23.7 Å². The maximum Gasteiger partial charge on any atom is 0.238 e. The summed E-state index contributed by atoms with van der Waals surface area (Å²) in [5.74, 6) is -0.464. The molecule has 0 spiro atoms. The summed E-state index contributed by atoms with van der Waals surface area (Å²) in [6.07, 6.45) is 0. The zero-order valence-electron chi connectivity index (χ0n) is 13.3. The quantitative estimate of drug-likeness (QED) is 0.707. The molecule has 3 N–H and O–H groups in total. The molecule has 0 aliphatic heterocycles. The average molecular weight is 305 g/mol. The van der Waals surface area contributed by atoms with Crippen molar-refractivity contribution in [3.8, 4) is 0 Å². The molecule has 120 valence electrons. The van der Waals surface area contributed by atoms with Crippen molar-refractivity contribution < 1.29 is 14.4 Å². The number of nitrogens with two attached hydrogens (primary N) is 1. The summed E-state index contributed by atoms with van der Waals surface area (Å²) in [7, 11) is 0. The maximum atomic E-state index is 12.1. The van der Waals surface area contributed by atoms with E-state index in [1.54, 1.807) is 29.2 Å². The van der Waals surface area contributed by atoms with Crippen molar-refractivity contribution in [2.24, 2.45) is 11.7 Å². The number of nitrogens with zero attached hydrogens (tertiary/aromatic N) is 1. The van der Waals surface area contributed by atoms with Crippen molar-refractivity contribution in [3.05, 3.63) is 29.8 Å². The molecule has 0 unspecified atom stereocenters. The van der Waals surface area contributed by atoms with E-state index in [4.69, 9.17) is 5.73 Å². The van der Waals surface area contributed by atoms with Gasteiger partial charge in [-0.25, -0.2) is 0 Å². The summed E-state index contributed by atoms with van der Waals surface area (Å²) in [6, 6.07) is 6.74. The van der Waals surface area contributed by atoms with Crippen LogP contribution in [-0.4, -0.2) is 42.1 Å². The van der Waals surface area contributed by atoms with Gasteiger partial charge in [-0.2, -0.15) is 0 Å². The fourth-order valence-corrected chi connectivity index (χ4v) is 2.14. The number of Topliss-reactive ketones (excluding diaryl/α,β-unsaturated/α-hetero) is 1. The van der Waals surface area contributed by atoms with Crippen LogP contribution in [0.2, 0.25) is 0 Å². The van der Waals surface area contributed by atoms with Crippen molar-refractivity contribution >= 4 is 23.3 Å². The number of benzene rings is 1. The molecule has 0 aliphatic rings. The predicted octanol–water partition coefficient (Wildman–Crippen LogP) is 1.27. The van der Waals surface area contributed by atoms with Gasteiger partial charge in [0.15, 0.2) is 5.78 Å². The number of rotatable bonds is 8. The van der Waals surface area contributed by atoms with Gasteiger partial charge < -0.3 is 11.1 Å².